The van der Waals surface area contributed by atoms with Crippen LogP contribution in [0.4, 0.5) is 0 Å². The lowest BCUT2D eigenvalue weighted by molar-refractivity contribution is 0.197. The summed E-state index contributed by atoms with van der Waals surface area (Å²) in [5, 5.41) is 4.76. The van der Waals surface area contributed by atoms with Crippen molar-refractivity contribution < 1.29 is 13.2 Å². The van der Waals surface area contributed by atoms with Crippen LogP contribution in [-0.2, 0) is 21.2 Å². The third-order valence-corrected chi connectivity index (χ3v) is 3.08. The van der Waals surface area contributed by atoms with Gasteiger partial charge in [-0.05, 0) is 12.1 Å². The highest BCUT2D eigenvalue weighted by Gasteiger charge is 2.10. The summed E-state index contributed by atoms with van der Waals surface area (Å²) in [5.41, 5.74) is 0.699. The van der Waals surface area contributed by atoms with Gasteiger partial charge in [0.1, 0.15) is 4.90 Å². The van der Waals surface area contributed by atoms with Crippen molar-refractivity contribution in [3.8, 4) is 0 Å². The van der Waals surface area contributed by atoms with Crippen molar-refractivity contribution in [3.63, 3.8) is 0 Å². The quantitative estimate of drug-likeness (QED) is 0.787. The first-order valence-electron chi connectivity index (χ1n) is 4.54. The topological polar surface area (TPSA) is 82.3 Å². The van der Waals surface area contributed by atoms with E-state index in [1.165, 1.54) is 12.3 Å². The number of nitrogens with zero attached hydrogens (tertiary/aromatic N) is 1. The van der Waals surface area contributed by atoms with E-state index in [-0.39, 0.29) is 10.3 Å². The molecule has 0 saturated carbocycles. The number of aromatic nitrogens is 1. The number of alkyl halides is 1. The van der Waals surface area contributed by atoms with Gasteiger partial charge in [0.05, 0.1) is 12.0 Å². The van der Waals surface area contributed by atoms with Gasteiger partial charge in [-0.25, -0.2) is 13.6 Å². The number of hydrogen-bond acceptors (Lipinski definition) is 4. The Hall–Kier alpha value is -0.690. The minimum atomic E-state index is -3.68. The first kappa shape index (κ1) is 13.4. The molecule has 0 amide bonds. The van der Waals surface area contributed by atoms with E-state index in [0.717, 1.165) is 0 Å². The maximum Gasteiger partial charge on any atom is 0.239 e. The monoisotopic (exact) mass is 264 g/mol. The molecule has 1 heterocycles. The van der Waals surface area contributed by atoms with E-state index in [9.17, 15) is 8.42 Å². The van der Waals surface area contributed by atoms with Crippen molar-refractivity contribution in [1.82, 2.24) is 4.98 Å². The van der Waals surface area contributed by atoms with E-state index < -0.39 is 10.0 Å². The van der Waals surface area contributed by atoms with Gasteiger partial charge < -0.3 is 4.74 Å². The Morgan fingerprint density at radius 3 is 2.69 bits per heavy atom. The van der Waals surface area contributed by atoms with Gasteiger partial charge in [-0.15, -0.1) is 11.6 Å². The number of ether oxygens (including phenoxy) is 1. The second-order valence-electron chi connectivity index (χ2n) is 3.29. The summed E-state index contributed by atoms with van der Waals surface area (Å²) in [7, 11) is -2.12. The Kier molecular flexibility index (Phi) is 4.67. The summed E-state index contributed by atoms with van der Waals surface area (Å²) < 4.78 is 26.8. The molecule has 1 atom stereocenters. The smallest absolute Gasteiger partial charge is 0.239 e. The largest absolute Gasteiger partial charge is 0.383 e. The highest BCUT2D eigenvalue weighted by Crippen LogP contribution is 2.09. The van der Waals surface area contributed by atoms with E-state index in [0.29, 0.717) is 18.7 Å². The van der Waals surface area contributed by atoms with Gasteiger partial charge in [-0.1, -0.05) is 0 Å². The molecule has 0 radical (unpaired) electrons. The van der Waals surface area contributed by atoms with Gasteiger partial charge in [-0.3, -0.25) is 4.98 Å². The Balaban J connectivity index is 2.72. The zero-order chi connectivity index (χ0) is 12.2. The zero-order valence-corrected chi connectivity index (χ0v) is 10.3. The number of methoxy groups -OCH3 is 1. The van der Waals surface area contributed by atoms with Crippen LogP contribution in [0.5, 0.6) is 0 Å². The van der Waals surface area contributed by atoms with Crippen LogP contribution >= 0.6 is 11.6 Å². The molecule has 2 N–H and O–H groups in total. The van der Waals surface area contributed by atoms with E-state index in [4.69, 9.17) is 21.5 Å². The van der Waals surface area contributed by atoms with Gasteiger partial charge >= 0.3 is 0 Å². The molecule has 0 aromatic carbocycles. The molecule has 0 spiro atoms. The normalized spacial score (nSPS) is 13.7. The van der Waals surface area contributed by atoms with Gasteiger partial charge in [-0.2, -0.15) is 0 Å². The van der Waals surface area contributed by atoms with E-state index in [1.54, 1.807) is 13.2 Å². The third-order valence-electron chi connectivity index (χ3n) is 1.90. The molecule has 7 heteroatoms. The summed E-state index contributed by atoms with van der Waals surface area (Å²) in [6.07, 6.45) is 1.74. The van der Waals surface area contributed by atoms with Gasteiger partial charge in [0.2, 0.25) is 10.0 Å². The van der Waals surface area contributed by atoms with Crippen molar-refractivity contribution in [3.05, 3.63) is 24.0 Å². The standard InChI is InChI=1S/C9H13ClN2O3S/c1-15-6-7(10)4-8-2-3-9(5-12-8)16(11,13)14/h2-3,5,7H,4,6H2,1H3,(H2,11,13,14). The van der Waals surface area contributed by atoms with E-state index >= 15 is 0 Å². The van der Waals surface area contributed by atoms with Crippen molar-refractivity contribution in [2.45, 2.75) is 16.7 Å². The Labute approximate surface area is 99.6 Å². The molecule has 0 aliphatic rings. The average Bonchev–Trinajstić information content (AvgIpc) is 2.17. The molecule has 0 aliphatic heterocycles. The van der Waals surface area contributed by atoms with Crippen LogP contribution in [0.15, 0.2) is 23.2 Å². The molecule has 16 heavy (non-hydrogen) atoms. The number of sulfonamides is 1. The Morgan fingerprint density at radius 1 is 1.56 bits per heavy atom. The molecular formula is C9H13ClN2O3S. The first-order valence-corrected chi connectivity index (χ1v) is 6.52. The molecule has 0 bridgehead atoms. The maximum atomic E-state index is 11.0. The number of primary sulfonamides is 1. The SMILES string of the molecule is COCC(Cl)Cc1ccc(S(N)(=O)=O)cn1. The number of hydrogen-bond donors (Lipinski definition) is 1. The summed E-state index contributed by atoms with van der Waals surface area (Å²) in [5.74, 6) is 0. The second-order valence-corrected chi connectivity index (χ2v) is 5.47. The minimum Gasteiger partial charge on any atom is -0.383 e. The van der Waals surface area contributed by atoms with Crippen molar-refractivity contribution in [1.29, 1.82) is 0 Å². The summed E-state index contributed by atoms with van der Waals surface area (Å²) >= 11 is 5.94. The molecule has 0 fully saturated rings. The predicted molar refractivity (Wildman–Crippen MR) is 60.8 cm³/mol. The molecule has 1 rings (SSSR count). The lowest BCUT2D eigenvalue weighted by Crippen LogP contribution is -2.14. The van der Waals surface area contributed by atoms with Gasteiger partial charge in [0, 0.05) is 25.4 Å². The number of nitrogens with two attached hydrogens (primary N) is 1. The molecule has 0 aliphatic carbocycles. The second kappa shape index (κ2) is 5.58. The number of rotatable bonds is 5. The van der Waals surface area contributed by atoms with Crippen LogP contribution in [0.25, 0.3) is 0 Å². The highest BCUT2D eigenvalue weighted by atomic mass is 35.5. The van der Waals surface area contributed by atoms with Crippen molar-refractivity contribution in [2.75, 3.05) is 13.7 Å². The van der Waals surface area contributed by atoms with Crippen molar-refractivity contribution in [2.24, 2.45) is 5.14 Å². The lowest BCUT2D eigenvalue weighted by Gasteiger charge is -2.07. The number of pyridine rings is 1. The summed E-state index contributed by atoms with van der Waals surface area (Å²) in [6.45, 7) is 0.417. The predicted octanol–water partition coefficient (Wildman–Crippen LogP) is 0.525. The van der Waals surface area contributed by atoms with Crippen LogP contribution in [0.1, 0.15) is 5.69 Å². The lowest BCUT2D eigenvalue weighted by atomic mass is 10.2. The number of halogens is 1. The highest BCUT2D eigenvalue weighted by molar-refractivity contribution is 7.89. The molecular weight excluding hydrogens is 252 g/mol. The van der Waals surface area contributed by atoms with Crippen LogP contribution in [0.2, 0.25) is 0 Å². The Morgan fingerprint density at radius 2 is 2.25 bits per heavy atom. The van der Waals surface area contributed by atoms with Gasteiger partial charge in [0.25, 0.3) is 0 Å². The van der Waals surface area contributed by atoms with Crippen LogP contribution in [0.3, 0.4) is 0 Å². The first-order chi connectivity index (χ1) is 7.43. The molecule has 5 nitrogen and oxygen atoms in total. The van der Waals surface area contributed by atoms with Crippen molar-refractivity contribution >= 4 is 21.6 Å². The van der Waals surface area contributed by atoms with Crippen LogP contribution < -0.4 is 5.14 Å². The van der Waals surface area contributed by atoms with Crippen LogP contribution in [0, 0.1) is 0 Å². The fraction of sp³-hybridized carbons (Fsp3) is 0.444. The fourth-order valence-corrected chi connectivity index (χ4v) is 1.91. The van der Waals surface area contributed by atoms with Crippen LogP contribution in [-0.4, -0.2) is 32.5 Å². The van der Waals surface area contributed by atoms with E-state index in [1.807, 2.05) is 0 Å². The molecule has 90 valence electrons. The molecule has 1 aromatic rings. The fourth-order valence-electron chi connectivity index (χ4n) is 1.17. The average molecular weight is 265 g/mol. The molecule has 0 saturated heterocycles. The maximum absolute atomic E-state index is 11.0. The zero-order valence-electron chi connectivity index (χ0n) is 8.76. The summed E-state index contributed by atoms with van der Waals surface area (Å²) in [6, 6.07) is 3.00. The summed E-state index contributed by atoms with van der Waals surface area (Å²) in [4.78, 5) is 3.96. The third kappa shape index (κ3) is 4.05. The van der Waals surface area contributed by atoms with E-state index in [2.05, 4.69) is 4.98 Å². The van der Waals surface area contributed by atoms with Gasteiger partial charge in [0.15, 0.2) is 0 Å². The molecule has 1 unspecified atom stereocenters. The molecule has 1 aromatic heterocycles. The minimum absolute atomic E-state index is 0.00545. The Bertz CT molecular complexity index is 433.